The Morgan fingerprint density at radius 2 is 2.25 bits per heavy atom. The molecule has 1 aliphatic rings. The van der Waals surface area contributed by atoms with Crippen molar-refractivity contribution < 1.29 is 4.79 Å². The molecular formula is C12H17N3O. The zero-order valence-electron chi connectivity index (χ0n) is 9.52. The van der Waals surface area contributed by atoms with E-state index >= 15 is 0 Å². The van der Waals surface area contributed by atoms with Crippen LogP contribution in [0, 0.1) is 0 Å². The third-order valence-corrected chi connectivity index (χ3v) is 2.98. The maximum Gasteiger partial charge on any atom is 0.239 e. The van der Waals surface area contributed by atoms with E-state index in [1.165, 1.54) is 5.56 Å². The number of nitrogens with one attached hydrogen (secondary N) is 1. The van der Waals surface area contributed by atoms with E-state index in [2.05, 4.69) is 10.3 Å². The Balaban J connectivity index is 1.75. The van der Waals surface area contributed by atoms with Gasteiger partial charge in [0.2, 0.25) is 5.91 Å². The number of nitrogens with zero attached hydrogens (tertiary/aromatic N) is 2. The van der Waals surface area contributed by atoms with E-state index in [0.717, 1.165) is 25.9 Å². The monoisotopic (exact) mass is 219 g/mol. The first-order valence-corrected chi connectivity index (χ1v) is 5.64. The first-order chi connectivity index (χ1) is 7.77. The molecule has 1 aromatic heterocycles. The molecule has 1 saturated heterocycles. The van der Waals surface area contributed by atoms with Crippen molar-refractivity contribution in [3.63, 3.8) is 0 Å². The predicted molar refractivity (Wildman–Crippen MR) is 62.0 cm³/mol. The molecule has 1 aliphatic heterocycles. The Hall–Kier alpha value is -1.42. The zero-order chi connectivity index (χ0) is 11.4. The molecule has 1 N–H and O–H groups in total. The summed E-state index contributed by atoms with van der Waals surface area (Å²) < 4.78 is 0. The minimum Gasteiger partial charge on any atom is -0.344 e. The Morgan fingerprint density at radius 3 is 2.88 bits per heavy atom. The van der Waals surface area contributed by atoms with Gasteiger partial charge >= 0.3 is 0 Å². The van der Waals surface area contributed by atoms with Gasteiger partial charge in [-0.2, -0.15) is 0 Å². The third kappa shape index (κ3) is 2.58. The van der Waals surface area contributed by atoms with E-state index in [4.69, 9.17) is 0 Å². The molecule has 2 rings (SSSR count). The largest absolute Gasteiger partial charge is 0.344 e. The topological polar surface area (TPSA) is 45.2 Å². The van der Waals surface area contributed by atoms with Crippen LogP contribution >= 0.6 is 0 Å². The van der Waals surface area contributed by atoms with Crippen molar-refractivity contribution in [1.82, 2.24) is 15.2 Å². The van der Waals surface area contributed by atoms with Gasteiger partial charge in [0.1, 0.15) is 0 Å². The summed E-state index contributed by atoms with van der Waals surface area (Å²) in [7, 11) is 1.85. The standard InChI is InChI=1S/C12H17N3O/c1-15-9-5-11(12(15)16)14-8-4-10-2-6-13-7-3-10/h2-3,6-7,11,14H,4-5,8-9H2,1H3. The molecule has 0 radical (unpaired) electrons. The molecule has 1 atom stereocenters. The van der Waals surface area contributed by atoms with Crippen LogP contribution in [-0.4, -0.2) is 42.0 Å². The smallest absolute Gasteiger partial charge is 0.239 e. The predicted octanol–water partition coefficient (Wildman–Crippen LogP) is 0.444. The van der Waals surface area contributed by atoms with Crippen LogP contribution in [0.15, 0.2) is 24.5 Å². The van der Waals surface area contributed by atoms with Crippen LogP contribution in [0.25, 0.3) is 0 Å². The Kier molecular flexibility index (Phi) is 3.51. The second-order valence-corrected chi connectivity index (χ2v) is 4.16. The van der Waals surface area contributed by atoms with Crippen molar-refractivity contribution in [1.29, 1.82) is 0 Å². The Labute approximate surface area is 95.7 Å². The number of hydrogen-bond donors (Lipinski definition) is 1. The fourth-order valence-corrected chi connectivity index (χ4v) is 1.95. The number of hydrogen-bond acceptors (Lipinski definition) is 3. The minimum absolute atomic E-state index is 0.0202. The first-order valence-electron chi connectivity index (χ1n) is 5.64. The summed E-state index contributed by atoms with van der Waals surface area (Å²) in [5.41, 5.74) is 1.25. The number of carbonyl (C=O) groups excluding carboxylic acids is 1. The van der Waals surface area contributed by atoms with Crippen molar-refractivity contribution in [2.24, 2.45) is 0 Å². The van der Waals surface area contributed by atoms with Crippen molar-refractivity contribution in [3.8, 4) is 0 Å². The van der Waals surface area contributed by atoms with Gasteiger partial charge in [-0.1, -0.05) is 0 Å². The second-order valence-electron chi connectivity index (χ2n) is 4.16. The highest BCUT2D eigenvalue weighted by molar-refractivity contribution is 5.83. The van der Waals surface area contributed by atoms with Gasteiger partial charge in [-0.25, -0.2) is 0 Å². The van der Waals surface area contributed by atoms with Gasteiger partial charge < -0.3 is 10.2 Å². The highest BCUT2D eigenvalue weighted by Gasteiger charge is 2.27. The van der Waals surface area contributed by atoms with Crippen molar-refractivity contribution in [2.75, 3.05) is 20.1 Å². The third-order valence-electron chi connectivity index (χ3n) is 2.98. The summed E-state index contributed by atoms with van der Waals surface area (Å²) in [6.45, 7) is 1.71. The molecule has 1 fully saturated rings. The van der Waals surface area contributed by atoms with Crippen LogP contribution in [0.1, 0.15) is 12.0 Å². The molecule has 0 aliphatic carbocycles. The lowest BCUT2D eigenvalue weighted by molar-refractivity contribution is -0.128. The maximum atomic E-state index is 11.6. The molecule has 86 valence electrons. The number of carbonyl (C=O) groups is 1. The van der Waals surface area contributed by atoms with Gasteiger partial charge in [-0.15, -0.1) is 0 Å². The molecule has 0 spiro atoms. The van der Waals surface area contributed by atoms with E-state index in [9.17, 15) is 4.79 Å². The number of rotatable bonds is 4. The molecule has 16 heavy (non-hydrogen) atoms. The van der Waals surface area contributed by atoms with Gasteiger partial charge in [0, 0.05) is 26.0 Å². The second kappa shape index (κ2) is 5.07. The molecule has 1 unspecified atom stereocenters. The van der Waals surface area contributed by atoms with Crippen molar-refractivity contribution >= 4 is 5.91 Å². The maximum absolute atomic E-state index is 11.6. The van der Waals surface area contributed by atoms with E-state index in [1.54, 1.807) is 17.3 Å². The summed E-state index contributed by atoms with van der Waals surface area (Å²) in [6.07, 6.45) is 5.45. The van der Waals surface area contributed by atoms with Gasteiger partial charge in [0.05, 0.1) is 6.04 Å². The average Bonchev–Trinajstić information content (AvgIpc) is 2.62. The van der Waals surface area contributed by atoms with Crippen LogP contribution in [0.3, 0.4) is 0 Å². The number of aromatic nitrogens is 1. The fraction of sp³-hybridized carbons (Fsp3) is 0.500. The zero-order valence-corrected chi connectivity index (χ0v) is 9.52. The average molecular weight is 219 g/mol. The molecule has 4 heteroatoms. The summed E-state index contributed by atoms with van der Waals surface area (Å²) in [4.78, 5) is 17.4. The summed E-state index contributed by atoms with van der Waals surface area (Å²) >= 11 is 0. The van der Waals surface area contributed by atoms with Crippen LogP contribution < -0.4 is 5.32 Å². The number of likely N-dealkylation sites (N-methyl/N-ethyl adjacent to an activating group) is 1. The highest BCUT2D eigenvalue weighted by atomic mass is 16.2. The Morgan fingerprint density at radius 1 is 1.50 bits per heavy atom. The van der Waals surface area contributed by atoms with E-state index in [0.29, 0.717) is 0 Å². The van der Waals surface area contributed by atoms with Crippen LogP contribution in [-0.2, 0) is 11.2 Å². The fourth-order valence-electron chi connectivity index (χ4n) is 1.95. The normalized spacial score (nSPS) is 20.4. The van der Waals surface area contributed by atoms with Gasteiger partial charge in [-0.05, 0) is 37.1 Å². The van der Waals surface area contributed by atoms with Crippen LogP contribution in [0.5, 0.6) is 0 Å². The lowest BCUT2D eigenvalue weighted by Gasteiger charge is -2.11. The lowest BCUT2D eigenvalue weighted by atomic mass is 10.2. The molecule has 1 aromatic rings. The summed E-state index contributed by atoms with van der Waals surface area (Å²) in [5.74, 6) is 0.217. The van der Waals surface area contributed by atoms with Gasteiger partial charge in [0.25, 0.3) is 0 Å². The van der Waals surface area contributed by atoms with Gasteiger partial charge in [-0.3, -0.25) is 9.78 Å². The first kappa shape index (κ1) is 11.1. The molecule has 0 bridgehead atoms. The number of amides is 1. The highest BCUT2D eigenvalue weighted by Crippen LogP contribution is 2.08. The summed E-state index contributed by atoms with van der Waals surface area (Å²) in [6, 6.07) is 4.03. The molecule has 0 saturated carbocycles. The summed E-state index contributed by atoms with van der Waals surface area (Å²) in [5, 5.41) is 3.30. The molecule has 2 heterocycles. The molecular weight excluding hydrogens is 202 g/mol. The van der Waals surface area contributed by atoms with E-state index in [-0.39, 0.29) is 11.9 Å². The van der Waals surface area contributed by atoms with E-state index < -0.39 is 0 Å². The molecule has 1 amide bonds. The van der Waals surface area contributed by atoms with Gasteiger partial charge in [0.15, 0.2) is 0 Å². The van der Waals surface area contributed by atoms with Crippen molar-refractivity contribution in [2.45, 2.75) is 18.9 Å². The quantitative estimate of drug-likeness (QED) is 0.799. The number of likely N-dealkylation sites (tertiary alicyclic amines) is 1. The molecule has 4 nitrogen and oxygen atoms in total. The van der Waals surface area contributed by atoms with Crippen LogP contribution in [0.4, 0.5) is 0 Å². The van der Waals surface area contributed by atoms with Crippen molar-refractivity contribution in [3.05, 3.63) is 30.1 Å². The molecule has 0 aromatic carbocycles. The minimum atomic E-state index is 0.0202. The van der Waals surface area contributed by atoms with Crippen LogP contribution in [0.2, 0.25) is 0 Å². The van der Waals surface area contributed by atoms with E-state index in [1.807, 2.05) is 19.2 Å². The lowest BCUT2D eigenvalue weighted by Crippen LogP contribution is -2.37. The SMILES string of the molecule is CN1CCC(NCCc2ccncc2)C1=O. The Bertz CT molecular complexity index is 353. The number of pyridine rings is 1.